The molecule has 10 heteroatoms. The lowest BCUT2D eigenvalue weighted by Gasteiger charge is -2.26. The van der Waals surface area contributed by atoms with Crippen LogP contribution in [0.25, 0.3) is 0 Å². The quantitative estimate of drug-likeness (QED) is 0.308. The molecule has 3 N–H and O–H groups in total. The molecule has 0 aliphatic carbocycles. The molecule has 0 saturated carbocycles. The average Bonchev–Trinajstić information content (AvgIpc) is 2.43. The van der Waals surface area contributed by atoms with Gasteiger partial charge in [-0.1, -0.05) is 0 Å². The highest BCUT2D eigenvalue weighted by atomic mass is 127. The van der Waals surface area contributed by atoms with E-state index in [1.54, 1.807) is 20.9 Å². The highest BCUT2D eigenvalue weighted by Gasteiger charge is 2.22. The van der Waals surface area contributed by atoms with Crippen LogP contribution in [-0.4, -0.2) is 46.3 Å². The normalized spacial score (nSPS) is 12.5. The number of nitrogens with one attached hydrogen (secondary N) is 3. The van der Waals surface area contributed by atoms with E-state index in [0.29, 0.717) is 19.0 Å². The van der Waals surface area contributed by atoms with Crippen molar-refractivity contribution in [1.82, 2.24) is 15.4 Å². The van der Waals surface area contributed by atoms with Crippen LogP contribution in [0.2, 0.25) is 0 Å². The standard InChI is InChI=1S/C15H24F2N4O2S.HI/c1-15(2,21-24(4,22)23)10-20-14(18-3)19-8-7-11-9-12(16)5-6-13(11)17;/h5-6,9,21H,7-8,10H2,1-4H3,(H2,18,19,20);1H. The summed E-state index contributed by atoms with van der Waals surface area (Å²) >= 11 is 0. The second-order valence-corrected chi connectivity index (χ2v) is 7.84. The van der Waals surface area contributed by atoms with Gasteiger partial charge in [-0.25, -0.2) is 21.9 Å². The molecule has 0 heterocycles. The number of halogens is 3. The van der Waals surface area contributed by atoms with Gasteiger partial charge < -0.3 is 10.6 Å². The first-order valence-electron chi connectivity index (χ1n) is 7.40. The Bertz CT molecular complexity index is 697. The van der Waals surface area contributed by atoms with Gasteiger partial charge in [0.2, 0.25) is 10.0 Å². The SMILES string of the molecule is CN=C(NCCc1cc(F)ccc1F)NCC(C)(C)NS(C)(=O)=O.I. The van der Waals surface area contributed by atoms with E-state index < -0.39 is 27.2 Å². The fourth-order valence-electron chi connectivity index (χ4n) is 2.11. The fraction of sp³-hybridized carbons (Fsp3) is 0.533. The number of hydrogen-bond donors (Lipinski definition) is 3. The molecule has 0 spiro atoms. The number of nitrogens with zero attached hydrogens (tertiary/aromatic N) is 1. The third kappa shape index (κ3) is 9.90. The molecule has 0 atom stereocenters. The highest BCUT2D eigenvalue weighted by Crippen LogP contribution is 2.09. The van der Waals surface area contributed by atoms with Crippen molar-refractivity contribution in [2.45, 2.75) is 25.8 Å². The van der Waals surface area contributed by atoms with E-state index in [9.17, 15) is 17.2 Å². The first kappa shape index (κ1) is 24.0. The summed E-state index contributed by atoms with van der Waals surface area (Å²) in [6.45, 7) is 4.11. The summed E-state index contributed by atoms with van der Waals surface area (Å²) in [5.41, 5.74) is -0.433. The summed E-state index contributed by atoms with van der Waals surface area (Å²) in [7, 11) is -1.76. The topological polar surface area (TPSA) is 82.6 Å². The Morgan fingerprint density at radius 2 is 1.88 bits per heavy atom. The van der Waals surface area contributed by atoms with Crippen LogP contribution in [-0.2, 0) is 16.4 Å². The zero-order chi connectivity index (χ0) is 18.4. The van der Waals surface area contributed by atoms with E-state index in [4.69, 9.17) is 0 Å². The molecule has 6 nitrogen and oxygen atoms in total. The number of aliphatic imine (C=N–C) groups is 1. The fourth-order valence-corrected chi connectivity index (χ4v) is 3.19. The van der Waals surface area contributed by atoms with Crippen LogP contribution >= 0.6 is 24.0 Å². The van der Waals surface area contributed by atoms with Crippen LogP contribution in [0.4, 0.5) is 8.78 Å². The van der Waals surface area contributed by atoms with Gasteiger partial charge in [-0.05, 0) is 44.0 Å². The second kappa shape index (κ2) is 10.2. The smallest absolute Gasteiger partial charge is 0.209 e. The molecule has 0 unspecified atom stereocenters. The van der Waals surface area contributed by atoms with Crippen LogP contribution in [0.15, 0.2) is 23.2 Å². The molecule has 0 aliphatic heterocycles. The lowest BCUT2D eigenvalue weighted by molar-refractivity contribution is 0.446. The molecule has 0 saturated heterocycles. The van der Waals surface area contributed by atoms with Crippen molar-refractivity contribution >= 4 is 40.0 Å². The Balaban J connectivity index is 0.00000576. The van der Waals surface area contributed by atoms with Gasteiger partial charge in [0, 0.05) is 25.7 Å². The summed E-state index contributed by atoms with van der Waals surface area (Å²) in [5, 5.41) is 5.96. The number of benzene rings is 1. The third-order valence-electron chi connectivity index (χ3n) is 3.08. The van der Waals surface area contributed by atoms with Crippen molar-refractivity contribution in [3.63, 3.8) is 0 Å². The molecule has 1 rings (SSSR count). The van der Waals surface area contributed by atoms with Gasteiger partial charge in [-0.3, -0.25) is 4.99 Å². The predicted molar refractivity (Wildman–Crippen MR) is 107 cm³/mol. The molecule has 144 valence electrons. The van der Waals surface area contributed by atoms with E-state index in [2.05, 4.69) is 20.3 Å². The lowest BCUT2D eigenvalue weighted by atomic mass is 10.1. The molecule has 0 bridgehead atoms. The summed E-state index contributed by atoms with van der Waals surface area (Å²) in [6.07, 6.45) is 1.38. The van der Waals surface area contributed by atoms with Crippen molar-refractivity contribution in [2.24, 2.45) is 4.99 Å². The maximum absolute atomic E-state index is 13.5. The van der Waals surface area contributed by atoms with E-state index >= 15 is 0 Å². The average molecular weight is 490 g/mol. The van der Waals surface area contributed by atoms with Crippen LogP contribution in [0, 0.1) is 11.6 Å². The van der Waals surface area contributed by atoms with Gasteiger partial charge in [-0.2, -0.15) is 0 Å². The molecule has 0 fully saturated rings. The Kier molecular flexibility index (Phi) is 9.80. The van der Waals surface area contributed by atoms with Crippen molar-refractivity contribution in [3.8, 4) is 0 Å². The summed E-state index contributed by atoms with van der Waals surface area (Å²) < 4.78 is 51.7. The number of hydrogen-bond acceptors (Lipinski definition) is 3. The predicted octanol–water partition coefficient (Wildman–Crippen LogP) is 1.62. The molecule has 0 aliphatic rings. The summed E-state index contributed by atoms with van der Waals surface area (Å²) in [6, 6.07) is 3.33. The van der Waals surface area contributed by atoms with E-state index in [1.807, 2.05) is 0 Å². The Morgan fingerprint density at radius 3 is 2.44 bits per heavy atom. The number of sulfonamides is 1. The van der Waals surface area contributed by atoms with Gasteiger partial charge in [-0.15, -0.1) is 24.0 Å². The lowest BCUT2D eigenvalue weighted by Crippen LogP contribution is -2.53. The molecule has 0 amide bonds. The van der Waals surface area contributed by atoms with E-state index in [-0.39, 0.29) is 36.0 Å². The van der Waals surface area contributed by atoms with Crippen molar-refractivity contribution in [3.05, 3.63) is 35.4 Å². The van der Waals surface area contributed by atoms with Crippen molar-refractivity contribution in [2.75, 3.05) is 26.4 Å². The summed E-state index contributed by atoms with van der Waals surface area (Å²) in [5.74, 6) is -0.502. The monoisotopic (exact) mass is 490 g/mol. The minimum absolute atomic E-state index is 0. The minimum atomic E-state index is -3.33. The molecular weight excluding hydrogens is 465 g/mol. The molecule has 0 aromatic heterocycles. The van der Waals surface area contributed by atoms with Crippen molar-refractivity contribution < 1.29 is 17.2 Å². The highest BCUT2D eigenvalue weighted by molar-refractivity contribution is 14.0. The van der Waals surface area contributed by atoms with Crippen LogP contribution in [0.3, 0.4) is 0 Å². The van der Waals surface area contributed by atoms with Gasteiger partial charge in [0.1, 0.15) is 11.6 Å². The van der Waals surface area contributed by atoms with Gasteiger partial charge >= 0.3 is 0 Å². The van der Waals surface area contributed by atoms with Gasteiger partial charge in [0.25, 0.3) is 0 Å². The molecule has 1 aromatic carbocycles. The van der Waals surface area contributed by atoms with E-state index in [0.717, 1.165) is 24.5 Å². The second-order valence-electron chi connectivity index (χ2n) is 6.10. The Morgan fingerprint density at radius 1 is 1.24 bits per heavy atom. The molecule has 0 radical (unpaired) electrons. The minimum Gasteiger partial charge on any atom is -0.356 e. The summed E-state index contributed by atoms with van der Waals surface area (Å²) in [4.78, 5) is 4.01. The zero-order valence-corrected chi connectivity index (χ0v) is 17.8. The van der Waals surface area contributed by atoms with Crippen LogP contribution in [0.5, 0.6) is 0 Å². The van der Waals surface area contributed by atoms with Crippen LogP contribution < -0.4 is 15.4 Å². The first-order chi connectivity index (χ1) is 11.0. The molecule has 25 heavy (non-hydrogen) atoms. The molecule has 1 aromatic rings. The maximum Gasteiger partial charge on any atom is 0.209 e. The maximum atomic E-state index is 13.5. The number of guanidine groups is 1. The third-order valence-corrected chi connectivity index (χ3v) is 4.00. The van der Waals surface area contributed by atoms with Gasteiger partial charge in [0.15, 0.2) is 5.96 Å². The Labute approximate surface area is 164 Å². The zero-order valence-electron chi connectivity index (χ0n) is 14.7. The molecular formula is C15H25F2IN4O2S. The number of rotatable bonds is 7. The van der Waals surface area contributed by atoms with Gasteiger partial charge in [0.05, 0.1) is 6.26 Å². The first-order valence-corrected chi connectivity index (χ1v) is 9.29. The Hall–Kier alpha value is -1.01. The largest absolute Gasteiger partial charge is 0.356 e. The van der Waals surface area contributed by atoms with Crippen molar-refractivity contribution in [1.29, 1.82) is 0 Å². The van der Waals surface area contributed by atoms with E-state index in [1.165, 1.54) is 0 Å². The van der Waals surface area contributed by atoms with Crippen LogP contribution in [0.1, 0.15) is 19.4 Å².